The Labute approximate surface area is 147 Å². The summed E-state index contributed by atoms with van der Waals surface area (Å²) in [6.07, 6.45) is 0.807. The lowest BCUT2D eigenvalue weighted by molar-refractivity contribution is 0.0464. The van der Waals surface area contributed by atoms with Gasteiger partial charge in [-0.3, -0.25) is 4.90 Å². The molecule has 0 unspecified atom stereocenters. The van der Waals surface area contributed by atoms with E-state index in [0.717, 1.165) is 29.2 Å². The Balaban J connectivity index is 1.83. The highest BCUT2D eigenvalue weighted by molar-refractivity contribution is 7.80. The fourth-order valence-corrected chi connectivity index (χ4v) is 4.12. The summed E-state index contributed by atoms with van der Waals surface area (Å²) in [7, 11) is 1.67. The number of methoxy groups -OCH3 is 1. The van der Waals surface area contributed by atoms with E-state index >= 15 is 0 Å². The third-order valence-corrected chi connectivity index (χ3v) is 5.04. The number of benzene rings is 2. The Morgan fingerprint density at radius 2 is 2.08 bits per heavy atom. The third kappa shape index (κ3) is 2.23. The summed E-state index contributed by atoms with van der Waals surface area (Å²) in [5.41, 5.74) is 2.77. The second-order valence-electron chi connectivity index (χ2n) is 6.54. The number of thiocarbonyl (C=S) groups is 1. The van der Waals surface area contributed by atoms with Gasteiger partial charge >= 0.3 is 0 Å². The molecule has 0 aromatic heterocycles. The van der Waals surface area contributed by atoms with Crippen LogP contribution in [0, 0.1) is 6.92 Å². The summed E-state index contributed by atoms with van der Waals surface area (Å²) < 4.78 is 12.0. The molecule has 2 aliphatic rings. The zero-order chi connectivity index (χ0) is 16.9. The number of para-hydroxylation sites is 1. The van der Waals surface area contributed by atoms with E-state index in [1.54, 1.807) is 7.11 Å². The monoisotopic (exact) mass is 340 g/mol. The fraction of sp³-hybridized carbons (Fsp3) is 0.316. The van der Waals surface area contributed by atoms with E-state index in [1.807, 2.05) is 18.2 Å². The van der Waals surface area contributed by atoms with Gasteiger partial charge in [0.05, 0.1) is 13.2 Å². The van der Waals surface area contributed by atoms with Gasteiger partial charge in [-0.1, -0.05) is 24.3 Å². The number of aryl methyl sites for hydroxylation is 1. The van der Waals surface area contributed by atoms with Crippen LogP contribution >= 0.6 is 12.2 Å². The van der Waals surface area contributed by atoms with Gasteiger partial charge in [0, 0.05) is 17.7 Å². The molecule has 24 heavy (non-hydrogen) atoms. The predicted octanol–water partition coefficient (Wildman–Crippen LogP) is 3.94. The first kappa shape index (κ1) is 15.3. The Morgan fingerprint density at radius 3 is 2.83 bits per heavy atom. The number of rotatable bonds is 2. The minimum absolute atomic E-state index is 0.127. The van der Waals surface area contributed by atoms with Gasteiger partial charge in [-0.25, -0.2) is 0 Å². The summed E-state index contributed by atoms with van der Waals surface area (Å²) in [6.45, 7) is 4.17. The molecule has 1 saturated heterocycles. The van der Waals surface area contributed by atoms with Crippen LogP contribution in [0.4, 0.5) is 5.69 Å². The normalized spacial score (nSPS) is 24.7. The van der Waals surface area contributed by atoms with Gasteiger partial charge < -0.3 is 14.8 Å². The number of hydrogen-bond acceptors (Lipinski definition) is 3. The molecule has 0 amide bonds. The molecule has 0 spiro atoms. The quantitative estimate of drug-likeness (QED) is 0.838. The molecule has 124 valence electrons. The zero-order valence-electron chi connectivity index (χ0n) is 14.0. The molecule has 0 saturated carbocycles. The van der Waals surface area contributed by atoms with Crippen LogP contribution in [0.25, 0.3) is 0 Å². The molecule has 1 fully saturated rings. The summed E-state index contributed by atoms with van der Waals surface area (Å²) in [5.74, 6) is 1.55. The van der Waals surface area contributed by atoms with Crippen molar-refractivity contribution in [2.45, 2.75) is 32.0 Å². The lowest BCUT2D eigenvalue weighted by Gasteiger charge is -2.52. The van der Waals surface area contributed by atoms with Gasteiger partial charge in [0.2, 0.25) is 0 Å². The van der Waals surface area contributed by atoms with Gasteiger partial charge in [-0.15, -0.1) is 0 Å². The Hall–Kier alpha value is -2.27. The standard InChI is InChI=1S/C19H20N2O2S/c1-12-6-4-7-13(10-12)21-18(24)20-15-11-19(21,2)23-17-14(15)8-5-9-16(17)22-3/h4-10,15H,11H2,1-3H3,(H,20,24)/t15-,19+/m1/s1. The lowest BCUT2D eigenvalue weighted by Crippen LogP contribution is -2.65. The summed E-state index contributed by atoms with van der Waals surface area (Å²) in [4.78, 5) is 2.07. The highest BCUT2D eigenvalue weighted by Crippen LogP contribution is 2.49. The van der Waals surface area contributed by atoms with E-state index in [4.69, 9.17) is 21.7 Å². The highest BCUT2D eigenvalue weighted by Gasteiger charge is 2.49. The highest BCUT2D eigenvalue weighted by atomic mass is 32.1. The van der Waals surface area contributed by atoms with Crippen molar-refractivity contribution in [3.8, 4) is 11.5 Å². The summed E-state index contributed by atoms with van der Waals surface area (Å²) >= 11 is 5.67. The van der Waals surface area contributed by atoms with Crippen LogP contribution in [-0.2, 0) is 0 Å². The van der Waals surface area contributed by atoms with Gasteiger partial charge in [-0.05, 0) is 49.8 Å². The van der Waals surface area contributed by atoms with Crippen molar-refractivity contribution in [2.24, 2.45) is 0 Å². The van der Waals surface area contributed by atoms with E-state index in [-0.39, 0.29) is 6.04 Å². The Bertz CT molecular complexity index is 823. The Kier molecular flexibility index (Phi) is 3.42. The molecule has 2 aromatic carbocycles. The second kappa shape index (κ2) is 5.38. The predicted molar refractivity (Wildman–Crippen MR) is 98.8 cm³/mol. The first-order valence-corrected chi connectivity index (χ1v) is 8.46. The van der Waals surface area contributed by atoms with Crippen LogP contribution < -0.4 is 19.7 Å². The summed E-state index contributed by atoms with van der Waals surface area (Å²) in [5, 5.41) is 4.16. The molecule has 4 rings (SSSR count). The van der Waals surface area contributed by atoms with Crippen LogP contribution in [-0.4, -0.2) is 17.9 Å². The van der Waals surface area contributed by atoms with Crippen molar-refractivity contribution < 1.29 is 9.47 Å². The molecule has 2 atom stereocenters. The molecular weight excluding hydrogens is 320 g/mol. The van der Waals surface area contributed by atoms with Crippen molar-refractivity contribution in [3.63, 3.8) is 0 Å². The smallest absolute Gasteiger partial charge is 0.188 e. The number of nitrogens with one attached hydrogen (secondary N) is 1. The topological polar surface area (TPSA) is 33.7 Å². The molecular formula is C19H20N2O2S. The molecule has 2 bridgehead atoms. The molecule has 2 aromatic rings. The minimum Gasteiger partial charge on any atom is -0.493 e. The number of nitrogens with zero attached hydrogens (tertiary/aromatic N) is 1. The first-order valence-electron chi connectivity index (χ1n) is 8.05. The van der Waals surface area contributed by atoms with Gasteiger partial charge in [0.25, 0.3) is 0 Å². The fourth-order valence-electron chi connectivity index (χ4n) is 3.68. The molecule has 5 heteroatoms. The van der Waals surface area contributed by atoms with Crippen molar-refractivity contribution in [2.75, 3.05) is 12.0 Å². The van der Waals surface area contributed by atoms with E-state index in [2.05, 4.69) is 48.3 Å². The van der Waals surface area contributed by atoms with Crippen molar-refractivity contribution in [1.82, 2.24) is 5.32 Å². The molecule has 0 aliphatic carbocycles. The number of fused-ring (bicyclic) bond motifs is 4. The van der Waals surface area contributed by atoms with E-state index < -0.39 is 5.72 Å². The van der Waals surface area contributed by atoms with Crippen molar-refractivity contribution in [1.29, 1.82) is 0 Å². The maximum absolute atomic E-state index is 6.46. The maximum Gasteiger partial charge on any atom is 0.188 e. The largest absolute Gasteiger partial charge is 0.493 e. The average molecular weight is 340 g/mol. The maximum atomic E-state index is 6.46. The third-order valence-electron chi connectivity index (χ3n) is 4.74. The van der Waals surface area contributed by atoms with Crippen molar-refractivity contribution in [3.05, 3.63) is 53.6 Å². The zero-order valence-corrected chi connectivity index (χ0v) is 14.8. The average Bonchev–Trinajstić information content (AvgIpc) is 2.53. The molecule has 2 aliphatic heterocycles. The van der Waals surface area contributed by atoms with Crippen LogP contribution in [0.5, 0.6) is 11.5 Å². The van der Waals surface area contributed by atoms with Crippen LogP contribution in [0.15, 0.2) is 42.5 Å². The lowest BCUT2D eigenvalue weighted by atomic mass is 9.90. The minimum atomic E-state index is -0.553. The van der Waals surface area contributed by atoms with Gasteiger partial charge in [0.15, 0.2) is 22.3 Å². The van der Waals surface area contributed by atoms with Crippen LogP contribution in [0.1, 0.15) is 30.5 Å². The molecule has 4 nitrogen and oxygen atoms in total. The number of hydrogen-bond donors (Lipinski definition) is 1. The SMILES string of the molecule is COc1cccc2c1O[C@@]1(C)C[C@H]2NC(=S)N1c1cccc(C)c1. The molecule has 0 radical (unpaired) electrons. The number of anilines is 1. The Morgan fingerprint density at radius 1 is 1.29 bits per heavy atom. The second-order valence-corrected chi connectivity index (χ2v) is 6.92. The van der Waals surface area contributed by atoms with E-state index in [1.165, 1.54) is 5.56 Å². The first-order chi connectivity index (χ1) is 11.5. The van der Waals surface area contributed by atoms with E-state index in [0.29, 0.717) is 5.11 Å². The van der Waals surface area contributed by atoms with Gasteiger partial charge in [0.1, 0.15) is 0 Å². The van der Waals surface area contributed by atoms with Crippen LogP contribution in [0.3, 0.4) is 0 Å². The molecule has 1 N–H and O–H groups in total. The van der Waals surface area contributed by atoms with Gasteiger partial charge in [-0.2, -0.15) is 0 Å². The number of ether oxygens (including phenoxy) is 2. The summed E-state index contributed by atoms with van der Waals surface area (Å²) in [6, 6.07) is 14.4. The molecule has 2 heterocycles. The van der Waals surface area contributed by atoms with E-state index in [9.17, 15) is 0 Å². The van der Waals surface area contributed by atoms with Crippen molar-refractivity contribution >= 4 is 23.0 Å². The van der Waals surface area contributed by atoms with Crippen LogP contribution in [0.2, 0.25) is 0 Å².